The third kappa shape index (κ3) is 2.28. The van der Waals surface area contributed by atoms with Crippen LogP contribution in [0, 0.1) is 6.92 Å². The summed E-state index contributed by atoms with van der Waals surface area (Å²) >= 11 is 1.63. The van der Waals surface area contributed by atoms with Crippen LogP contribution >= 0.6 is 11.3 Å². The van der Waals surface area contributed by atoms with Gasteiger partial charge in [0, 0.05) is 23.8 Å². The molecule has 0 radical (unpaired) electrons. The Kier molecular flexibility index (Phi) is 3.31. The molecule has 0 unspecified atom stereocenters. The highest BCUT2D eigenvalue weighted by Crippen LogP contribution is 2.08. The average Bonchev–Trinajstić information content (AvgIpc) is 2.64. The molecule has 16 heavy (non-hydrogen) atoms. The maximum Gasteiger partial charge on any atom is 0.190 e. The van der Waals surface area contributed by atoms with E-state index in [4.69, 9.17) is 0 Å². The molecule has 82 valence electrons. The van der Waals surface area contributed by atoms with Crippen LogP contribution in [0.4, 0.5) is 5.69 Å². The molecule has 0 fully saturated rings. The average molecular weight is 231 g/mol. The zero-order valence-electron chi connectivity index (χ0n) is 9.13. The Labute approximate surface area is 98.4 Å². The molecule has 0 aliphatic heterocycles. The summed E-state index contributed by atoms with van der Waals surface area (Å²) in [5.41, 5.74) is 2.08. The molecule has 0 aromatic carbocycles. The van der Waals surface area contributed by atoms with Gasteiger partial charge in [-0.05, 0) is 19.1 Å². The summed E-state index contributed by atoms with van der Waals surface area (Å²) < 4.78 is 2.13. The second-order valence-corrected chi connectivity index (χ2v) is 4.22. The summed E-state index contributed by atoms with van der Waals surface area (Å²) in [5.74, 6) is 0. The standard InChI is InChI=1S/C12H13N3S/c1-3-7-15-10(2)9-16-12(15)14-11-5-4-6-13-8-11/h3-6,8-9H,1,7H2,2H3. The van der Waals surface area contributed by atoms with Gasteiger partial charge in [-0.1, -0.05) is 6.08 Å². The first-order valence-electron chi connectivity index (χ1n) is 5.02. The van der Waals surface area contributed by atoms with E-state index >= 15 is 0 Å². The third-order valence-corrected chi connectivity index (χ3v) is 3.16. The molecule has 0 saturated heterocycles. The zero-order chi connectivity index (χ0) is 11.4. The molecular formula is C12H13N3S. The quantitative estimate of drug-likeness (QED) is 0.747. The van der Waals surface area contributed by atoms with Crippen LogP contribution in [0.15, 0.2) is 47.6 Å². The number of hydrogen-bond donors (Lipinski definition) is 0. The number of nitrogens with zero attached hydrogens (tertiary/aromatic N) is 3. The molecule has 2 heterocycles. The summed E-state index contributed by atoms with van der Waals surface area (Å²) in [4.78, 5) is 9.57. The summed E-state index contributed by atoms with van der Waals surface area (Å²) in [5, 5.41) is 2.10. The van der Waals surface area contributed by atoms with Crippen molar-refractivity contribution in [1.82, 2.24) is 9.55 Å². The fraction of sp³-hybridized carbons (Fsp3) is 0.167. The van der Waals surface area contributed by atoms with Gasteiger partial charge in [0.2, 0.25) is 0 Å². The van der Waals surface area contributed by atoms with Gasteiger partial charge in [0.25, 0.3) is 0 Å². The molecule has 2 aromatic rings. The van der Waals surface area contributed by atoms with Gasteiger partial charge < -0.3 is 4.57 Å². The minimum atomic E-state index is 0.786. The maximum atomic E-state index is 4.55. The van der Waals surface area contributed by atoms with E-state index in [0.717, 1.165) is 17.0 Å². The number of aryl methyl sites for hydroxylation is 1. The van der Waals surface area contributed by atoms with E-state index in [2.05, 4.69) is 33.4 Å². The Morgan fingerprint density at radius 2 is 2.50 bits per heavy atom. The summed E-state index contributed by atoms with van der Waals surface area (Å²) in [6, 6.07) is 3.83. The van der Waals surface area contributed by atoms with E-state index in [0.29, 0.717) is 0 Å². The topological polar surface area (TPSA) is 30.2 Å². The van der Waals surface area contributed by atoms with E-state index in [1.807, 2.05) is 18.2 Å². The van der Waals surface area contributed by atoms with Crippen LogP contribution in [0.1, 0.15) is 5.69 Å². The number of allylic oxidation sites excluding steroid dienone is 1. The largest absolute Gasteiger partial charge is 0.317 e. The van der Waals surface area contributed by atoms with Crippen LogP contribution in [-0.2, 0) is 6.54 Å². The fourth-order valence-electron chi connectivity index (χ4n) is 1.38. The van der Waals surface area contributed by atoms with E-state index in [1.54, 1.807) is 23.7 Å². The minimum Gasteiger partial charge on any atom is -0.317 e. The third-order valence-electron chi connectivity index (χ3n) is 2.17. The van der Waals surface area contributed by atoms with E-state index < -0.39 is 0 Å². The van der Waals surface area contributed by atoms with Crippen molar-refractivity contribution in [3.05, 3.63) is 53.1 Å². The van der Waals surface area contributed by atoms with Crippen molar-refractivity contribution in [1.29, 1.82) is 0 Å². The van der Waals surface area contributed by atoms with Crippen molar-refractivity contribution in [2.24, 2.45) is 4.99 Å². The van der Waals surface area contributed by atoms with Crippen molar-refractivity contribution in [3.8, 4) is 0 Å². The van der Waals surface area contributed by atoms with Crippen LogP contribution in [0.5, 0.6) is 0 Å². The Bertz CT molecular complexity index is 537. The number of thiazole rings is 1. The van der Waals surface area contributed by atoms with Gasteiger partial charge in [-0.2, -0.15) is 0 Å². The molecule has 2 aromatic heterocycles. The lowest BCUT2D eigenvalue weighted by Gasteiger charge is -2.00. The summed E-state index contributed by atoms with van der Waals surface area (Å²) in [6.07, 6.45) is 5.38. The Morgan fingerprint density at radius 3 is 3.19 bits per heavy atom. The van der Waals surface area contributed by atoms with E-state index in [9.17, 15) is 0 Å². The lowest BCUT2D eigenvalue weighted by molar-refractivity contribution is 0.761. The molecule has 3 nitrogen and oxygen atoms in total. The molecule has 2 rings (SSSR count). The number of aromatic nitrogens is 2. The highest BCUT2D eigenvalue weighted by molar-refractivity contribution is 7.07. The minimum absolute atomic E-state index is 0.786. The molecule has 0 spiro atoms. The maximum absolute atomic E-state index is 4.55. The van der Waals surface area contributed by atoms with Gasteiger partial charge in [-0.3, -0.25) is 4.98 Å². The highest BCUT2D eigenvalue weighted by Gasteiger charge is 1.98. The fourth-order valence-corrected chi connectivity index (χ4v) is 2.29. The first kappa shape index (κ1) is 10.8. The zero-order valence-corrected chi connectivity index (χ0v) is 9.94. The molecule has 0 aliphatic carbocycles. The van der Waals surface area contributed by atoms with Gasteiger partial charge in [0.15, 0.2) is 4.80 Å². The second kappa shape index (κ2) is 4.90. The normalized spacial score (nSPS) is 11.7. The highest BCUT2D eigenvalue weighted by atomic mass is 32.1. The SMILES string of the molecule is C=CCn1c(C)csc1=Nc1cccnc1. The molecule has 0 saturated carbocycles. The van der Waals surface area contributed by atoms with Gasteiger partial charge in [0.1, 0.15) is 0 Å². The lowest BCUT2D eigenvalue weighted by atomic mass is 10.4. The first-order chi connectivity index (χ1) is 7.81. The van der Waals surface area contributed by atoms with Crippen LogP contribution in [0.25, 0.3) is 0 Å². The monoisotopic (exact) mass is 231 g/mol. The number of hydrogen-bond acceptors (Lipinski definition) is 3. The molecule has 0 atom stereocenters. The van der Waals surface area contributed by atoms with Crippen LogP contribution < -0.4 is 4.80 Å². The molecule has 0 N–H and O–H groups in total. The molecule has 0 amide bonds. The van der Waals surface area contributed by atoms with Crippen LogP contribution in [0.2, 0.25) is 0 Å². The molecule has 0 aliphatic rings. The van der Waals surface area contributed by atoms with Crippen molar-refractivity contribution < 1.29 is 0 Å². The predicted octanol–water partition coefficient (Wildman–Crippen LogP) is 2.67. The van der Waals surface area contributed by atoms with E-state index in [-0.39, 0.29) is 0 Å². The lowest BCUT2D eigenvalue weighted by Crippen LogP contribution is -2.14. The Hall–Kier alpha value is -1.68. The van der Waals surface area contributed by atoms with Crippen LogP contribution in [0.3, 0.4) is 0 Å². The molecule has 4 heteroatoms. The summed E-state index contributed by atoms with van der Waals surface area (Å²) in [7, 11) is 0. The number of pyridine rings is 1. The number of rotatable bonds is 3. The Morgan fingerprint density at radius 1 is 1.62 bits per heavy atom. The molecular weight excluding hydrogens is 218 g/mol. The van der Waals surface area contributed by atoms with Crippen molar-refractivity contribution in [3.63, 3.8) is 0 Å². The summed E-state index contributed by atoms with van der Waals surface area (Å²) in [6.45, 7) is 6.61. The van der Waals surface area contributed by atoms with Gasteiger partial charge in [-0.15, -0.1) is 17.9 Å². The van der Waals surface area contributed by atoms with E-state index in [1.165, 1.54) is 5.69 Å². The van der Waals surface area contributed by atoms with Gasteiger partial charge in [-0.25, -0.2) is 4.99 Å². The van der Waals surface area contributed by atoms with Crippen molar-refractivity contribution in [2.45, 2.75) is 13.5 Å². The van der Waals surface area contributed by atoms with Crippen LogP contribution in [-0.4, -0.2) is 9.55 Å². The molecule has 0 bridgehead atoms. The van der Waals surface area contributed by atoms with Crippen molar-refractivity contribution >= 4 is 17.0 Å². The second-order valence-electron chi connectivity index (χ2n) is 3.38. The Balaban J connectivity index is 2.48. The van der Waals surface area contributed by atoms with Gasteiger partial charge in [0.05, 0.1) is 11.9 Å². The van der Waals surface area contributed by atoms with Gasteiger partial charge >= 0.3 is 0 Å². The van der Waals surface area contributed by atoms with Crippen molar-refractivity contribution in [2.75, 3.05) is 0 Å². The first-order valence-corrected chi connectivity index (χ1v) is 5.90. The smallest absolute Gasteiger partial charge is 0.190 e. The predicted molar refractivity (Wildman–Crippen MR) is 66.7 cm³/mol.